The maximum Gasteiger partial charge on any atom is 0.250 e. The molecule has 5 nitrogen and oxygen atoms in total. The Hall–Kier alpha value is -0.920. The highest BCUT2D eigenvalue weighted by Crippen LogP contribution is 2.21. The SMILES string of the molecule is CCc1ccc(S(=O)(=O)NCC(=O)NC2CCCCCC2)s1. The molecule has 0 aliphatic heterocycles. The Morgan fingerprint density at radius 2 is 1.91 bits per heavy atom. The standard InChI is InChI=1S/C15H24N2O3S2/c1-2-13-9-10-15(21-13)22(19,20)16-11-14(18)17-12-7-5-3-4-6-8-12/h9-10,12,16H,2-8,11H2,1H3,(H,17,18). The predicted molar refractivity (Wildman–Crippen MR) is 88.5 cm³/mol. The Bertz CT molecular complexity index is 588. The van der Waals surface area contributed by atoms with Gasteiger partial charge in [-0.1, -0.05) is 32.6 Å². The molecule has 2 N–H and O–H groups in total. The molecule has 1 amide bonds. The third-order valence-corrected chi connectivity index (χ3v) is 7.02. The molecule has 0 bridgehead atoms. The summed E-state index contributed by atoms with van der Waals surface area (Å²) < 4.78 is 26.9. The molecule has 2 rings (SSSR count). The lowest BCUT2D eigenvalue weighted by Crippen LogP contribution is -2.41. The number of hydrogen-bond donors (Lipinski definition) is 2. The second kappa shape index (κ2) is 8.08. The van der Waals surface area contributed by atoms with E-state index in [1.807, 2.05) is 13.0 Å². The van der Waals surface area contributed by atoms with Crippen LogP contribution in [0, 0.1) is 0 Å². The number of rotatable bonds is 6. The fraction of sp³-hybridized carbons (Fsp3) is 0.667. The molecule has 7 heteroatoms. The van der Waals surface area contributed by atoms with Crippen LogP contribution in [-0.2, 0) is 21.2 Å². The van der Waals surface area contributed by atoms with E-state index >= 15 is 0 Å². The molecule has 22 heavy (non-hydrogen) atoms. The van der Waals surface area contributed by atoms with Gasteiger partial charge in [-0.05, 0) is 31.4 Å². The normalized spacial score (nSPS) is 17.1. The minimum atomic E-state index is -3.58. The first-order chi connectivity index (χ1) is 10.5. The molecule has 0 atom stereocenters. The van der Waals surface area contributed by atoms with E-state index in [0.29, 0.717) is 0 Å². The van der Waals surface area contributed by atoms with Crippen molar-refractivity contribution < 1.29 is 13.2 Å². The molecule has 0 spiro atoms. The third kappa shape index (κ3) is 5.07. The lowest BCUT2D eigenvalue weighted by molar-refractivity contribution is -0.120. The first-order valence-electron chi connectivity index (χ1n) is 7.89. The smallest absolute Gasteiger partial charge is 0.250 e. The van der Waals surface area contributed by atoms with E-state index in [0.717, 1.165) is 37.0 Å². The van der Waals surface area contributed by atoms with E-state index in [9.17, 15) is 13.2 Å². The van der Waals surface area contributed by atoms with Gasteiger partial charge in [-0.25, -0.2) is 13.1 Å². The Labute approximate surface area is 136 Å². The van der Waals surface area contributed by atoms with Crippen LogP contribution < -0.4 is 10.0 Å². The van der Waals surface area contributed by atoms with E-state index in [2.05, 4.69) is 10.0 Å². The summed E-state index contributed by atoms with van der Waals surface area (Å²) in [5.74, 6) is -0.247. The summed E-state index contributed by atoms with van der Waals surface area (Å²) in [5, 5.41) is 2.94. The number of amides is 1. The van der Waals surface area contributed by atoms with Crippen LogP contribution in [-0.4, -0.2) is 26.9 Å². The lowest BCUT2D eigenvalue weighted by atomic mass is 10.1. The molecule has 1 saturated carbocycles. The fourth-order valence-corrected chi connectivity index (χ4v) is 4.95. The van der Waals surface area contributed by atoms with Crippen molar-refractivity contribution in [3.8, 4) is 0 Å². The molecule has 0 saturated heterocycles. The van der Waals surface area contributed by atoms with Gasteiger partial charge in [0.1, 0.15) is 4.21 Å². The Morgan fingerprint density at radius 3 is 2.50 bits per heavy atom. The minimum absolute atomic E-state index is 0.188. The van der Waals surface area contributed by atoms with Gasteiger partial charge in [-0.15, -0.1) is 11.3 Å². The van der Waals surface area contributed by atoms with Crippen LogP contribution in [0.4, 0.5) is 0 Å². The predicted octanol–water partition coefficient (Wildman–Crippen LogP) is 2.43. The number of thiophene rings is 1. The highest BCUT2D eigenvalue weighted by molar-refractivity contribution is 7.91. The first kappa shape index (κ1) is 17.4. The van der Waals surface area contributed by atoms with E-state index in [1.165, 1.54) is 24.2 Å². The van der Waals surface area contributed by atoms with Crippen LogP contribution in [0.5, 0.6) is 0 Å². The molecule has 124 valence electrons. The van der Waals surface area contributed by atoms with Crippen LogP contribution in [0.25, 0.3) is 0 Å². The molecule has 1 fully saturated rings. The molecular weight excluding hydrogens is 320 g/mol. The van der Waals surface area contributed by atoms with E-state index in [4.69, 9.17) is 0 Å². The summed E-state index contributed by atoms with van der Waals surface area (Å²) in [6.07, 6.45) is 7.49. The van der Waals surface area contributed by atoms with Crippen molar-refractivity contribution in [3.63, 3.8) is 0 Å². The first-order valence-corrected chi connectivity index (χ1v) is 10.2. The number of sulfonamides is 1. The van der Waals surface area contributed by atoms with Gasteiger partial charge >= 0.3 is 0 Å². The lowest BCUT2D eigenvalue weighted by Gasteiger charge is -2.16. The van der Waals surface area contributed by atoms with Gasteiger partial charge in [0.15, 0.2) is 0 Å². The summed E-state index contributed by atoms with van der Waals surface area (Å²) in [6, 6.07) is 3.59. The quantitative estimate of drug-likeness (QED) is 0.778. The van der Waals surface area contributed by atoms with Crippen molar-refractivity contribution in [2.24, 2.45) is 0 Å². The molecule has 1 aliphatic rings. The summed E-state index contributed by atoms with van der Waals surface area (Å²) in [4.78, 5) is 12.9. The maximum absolute atomic E-state index is 12.1. The van der Waals surface area contributed by atoms with Crippen LogP contribution in [0.3, 0.4) is 0 Å². The fourth-order valence-electron chi connectivity index (χ4n) is 2.63. The zero-order valence-electron chi connectivity index (χ0n) is 12.9. The summed E-state index contributed by atoms with van der Waals surface area (Å²) in [7, 11) is -3.58. The highest BCUT2D eigenvalue weighted by atomic mass is 32.2. The van der Waals surface area contributed by atoms with Gasteiger partial charge in [0.05, 0.1) is 6.54 Å². The van der Waals surface area contributed by atoms with Crippen molar-refractivity contribution >= 4 is 27.3 Å². The van der Waals surface area contributed by atoms with E-state index < -0.39 is 10.0 Å². The van der Waals surface area contributed by atoms with Gasteiger partial charge in [-0.3, -0.25) is 4.79 Å². The van der Waals surface area contributed by atoms with E-state index in [-0.39, 0.29) is 22.7 Å². The van der Waals surface area contributed by atoms with Gasteiger partial charge in [0.25, 0.3) is 10.0 Å². The largest absolute Gasteiger partial charge is 0.352 e. The summed E-state index contributed by atoms with van der Waals surface area (Å²) in [5.41, 5.74) is 0. The van der Waals surface area contributed by atoms with Crippen molar-refractivity contribution in [2.45, 2.75) is 62.1 Å². The molecular formula is C15H24N2O3S2. The van der Waals surface area contributed by atoms with Gasteiger partial charge in [-0.2, -0.15) is 0 Å². The van der Waals surface area contributed by atoms with Gasteiger partial charge < -0.3 is 5.32 Å². The maximum atomic E-state index is 12.1. The number of aryl methyl sites for hydroxylation is 1. The van der Waals surface area contributed by atoms with E-state index in [1.54, 1.807) is 6.07 Å². The van der Waals surface area contributed by atoms with Gasteiger partial charge in [0, 0.05) is 10.9 Å². The number of nitrogens with one attached hydrogen (secondary N) is 2. The molecule has 1 heterocycles. The molecule has 1 aromatic rings. The average Bonchev–Trinajstić information content (AvgIpc) is 2.85. The Kier molecular flexibility index (Phi) is 6.40. The van der Waals surface area contributed by atoms with Crippen LogP contribution >= 0.6 is 11.3 Å². The van der Waals surface area contributed by atoms with Crippen molar-refractivity contribution in [3.05, 3.63) is 17.0 Å². The average molecular weight is 345 g/mol. The topological polar surface area (TPSA) is 75.3 Å². The Balaban J connectivity index is 1.84. The van der Waals surface area contributed by atoms with Gasteiger partial charge in [0.2, 0.25) is 5.91 Å². The molecule has 1 aromatic heterocycles. The minimum Gasteiger partial charge on any atom is -0.352 e. The summed E-state index contributed by atoms with van der Waals surface area (Å²) >= 11 is 1.25. The van der Waals surface area contributed by atoms with Crippen molar-refractivity contribution in [1.82, 2.24) is 10.0 Å². The third-order valence-electron chi connectivity index (χ3n) is 3.89. The number of hydrogen-bond acceptors (Lipinski definition) is 4. The molecule has 0 aromatic carbocycles. The van der Waals surface area contributed by atoms with Crippen LogP contribution in [0.15, 0.2) is 16.3 Å². The zero-order valence-corrected chi connectivity index (χ0v) is 14.6. The van der Waals surface area contributed by atoms with Crippen LogP contribution in [0.2, 0.25) is 0 Å². The van der Waals surface area contributed by atoms with Crippen LogP contribution in [0.1, 0.15) is 50.3 Å². The monoisotopic (exact) mass is 344 g/mol. The van der Waals surface area contributed by atoms with Crippen molar-refractivity contribution in [1.29, 1.82) is 0 Å². The summed E-state index contributed by atoms with van der Waals surface area (Å²) in [6.45, 7) is 1.79. The second-order valence-corrected chi connectivity index (χ2v) is 8.82. The Morgan fingerprint density at radius 1 is 1.23 bits per heavy atom. The highest BCUT2D eigenvalue weighted by Gasteiger charge is 2.19. The molecule has 0 radical (unpaired) electrons. The van der Waals surface area contributed by atoms with Crippen molar-refractivity contribution in [2.75, 3.05) is 6.54 Å². The number of carbonyl (C=O) groups excluding carboxylic acids is 1. The molecule has 0 unspecified atom stereocenters. The zero-order chi connectivity index (χ0) is 16.0. The second-order valence-electron chi connectivity index (χ2n) is 5.65. The molecule has 1 aliphatic carbocycles. The number of carbonyl (C=O) groups is 1.